The Morgan fingerprint density at radius 2 is 2.09 bits per heavy atom. The van der Waals surface area contributed by atoms with E-state index in [2.05, 4.69) is 0 Å². The van der Waals surface area contributed by atoms with Gasteiger partial charge in [-0.25, -0.2) is 0 Å². The lowest BCUT2D eigenvalue weighted by molar-refractivity contribution is -0.136. The van der Waals surface area contributed by atoms with Crippen molar-refractivity contribution in [2.75, 3.05) is 6.61 Å². The molecule has 62 valence electrons. The van der Waals surface area contributed by atoms with Crippen molar-refractivity contribution in [3.8, 4) is 0 Å². The third-order valence-electron chi connectivity index (χ3n) is 1.46. The third kappa shape index (κ3) is 3.06. The van der Waals surface area contributed by atoms with Crippen molar-refractivity contribution in [2.45, 2.75) is 33.2 Å². The van der Waals surface area contributed by atoms with Crippen LogP contribution in [0, 0.1) is 5.92 Å². The van der Waals surface area contributed by atoms with E-state index in [0.29, 0.717) is 6.61 Å². The van der Waals surface area contributed by atoms with Crippen molar-refractivity contribution < 1.29 is 9.53 Å². The molecule has 0 amide bonds. The Bertz CT molecular complexity index is 141. The fourth-order valence-corrected chi connectivity index (χ4v) is 0.944. The summed E-state index contributed by atoms with van der Waals surface area (Å²) >= 11 is 0. The van der Waals surface area contributed by atoms with E-state index >= 15 is 0 Å². The SMILES string of the molecule is [B]C(C)(OCC)C(=O)C(C)C. The number of carbonyl (C=O) groups excluding carboxylic acids is 1. The zero-order valence-corrected chi connectivity index (χ0v) is 7.68. The van der Waals surface area contributed by atoms with Crippen molar-refractivity contribution in [1.82, 2.24) is 0 Å². The van der Waals surface area contributed by atoms with E-state index in [0.717, 1.165) is 0 Å². The molecule has 0 spiro atoms. The predicted molar refractivity (Wildman–Crippen MR) is 45.6 cm³/mol. The molecule has 0 heterocycles. The van der Waals surface area contributed by atoms with Crippen molar-refractivity contribution in [3.63, 3.8) is 0 Å². The summed E-state index contributed by atoms with van der Waals surface area (Å²) < 4.78 is 5.08. The number of rotatable bonds is 4. The van der Waals surface area contributed by atoms with Crippen molar-refractivity contribution in [2.24, 2.45) is 5.92 Å². The van der Waals surface area contributed by atoms with Crippen molar-refractivity contribution in [3.05, 3.63) is 0 Å². The molecule has 0 N–H and O–H groups in total. The van der Waals surface area contributed by atoms with E-state index in [-0.39, 0.29) is 11.7 Å². The molecule has 0 saturated heterocycles. The van der Waals surface area contributed by atoms with Gasteiger partial charge in [0, 0.05) is 12.5 Å². The minimum atomic E-state index is -1.11. The summed E-state index contributed by atoms with van der Waals surface area (Å²) in [5.74, 6) is -0.129. The molecule has 3 heteroatoms. The zero-order valence-electron chi connectivity index (χ0n) is 7.68. The molecule has 2 nitrogen and oxygen atoms in total. The standard InChI is InChI=1S/C8H15BO2/c1-5-11-8(4,9)7(10)6(2)3/h6H,5H2,1-4H3. The summed E-state index contributed by atoms with van der Waals surface area (Å²) in [7, 11) is 5.60. The maximum atomic E-state index is 11.3. The van der Waals surface area contributed by atoms with Gasteiger partial charge in [-0.2, -0.15) is 0 Å². The van der Waals surface area contributed by atoms with Gasteiger partial charge in [0.25, 0.3) is 0 Å². The number of ketones is 1. The van der Waals surface area contributed by atoms with E-state index in [9.17, 15) is 4.79 Å². The van der Waals surface area contributed by atoms with Gasteiger partial charge in [0.05, 0.1) is 5.50 Å². The highest BCUT2D eigenvalue weighted by Crippen LogP contribution is 2.12. The Kier molecular flexibility index (Phi) is 3.80. The molecule has 0 rings (SSSR count). The van der Waals surface area contributed by atoms with Gasteiger partial charge in [0.2, 0.25) is 0 Å². The molecular formula is C8H15BO2. The number of carbonyl (C=O) groups is 1. The van der Waals surface area contributed by atoms with Gasteiger partial charge in [-0.15, -0.1) is 0 Å². The van der Waals surface area contributed by atoms with E-state index in [1.807, 2.05) is 20.8 Å². The fraction of sp³-hybridized carbons (Fsp3) is 0.875. The molecule has 0 aromatic rings. The Hall–Kier alpha value is -0.305. The van der Waals surface area contributed by atoms with Crippen LogP contribution in [0.5, 0.6) is 0 Å². The largest absolute Gasteiger partial charge is 0.378 e. The Morgan fingerprint density at radius 3 is 2.36 bits per heavy atom. The second-order valence-electron chi connectivity index (χ2n) is 3.06. The van der Waals surface area contributed by atoms with E-state index in [4.69, 9.17) is 12.6 Å². The first kappa shape index (κ1) is 10.7. The van der Waals surface area contributed by atoms with Crippen LogP contribution in [0.4, 0.5) is 0 Å². The molecule has 1 atom stereocenters. The van der Waals surface area contributed by atoms with E-state index in [1.54, 1.807) is 6.92 Å². The highest BCUT2D eigenvalue weighted by molar-refractivity contribution is 6.27. The summed E-state index contributed by atoms with van der Waals surface area (Å²) in [6, 6.07) is 0. The maximum absolute atomic E-state index is 11.3. The van der Waals surface area contributed by atoms with Crippen LogP contribution in [0.3, 0.4) is 0 Å². The van der Waals surface area contributed by atoms with E-state index in [1.165, 1.54) is 0 Å². The molecule has 0 bridgehead atoms. The minimum Gasteiger partial charge on any atom is -0.378 e. The van der Waals surface area contributed by atoms with Crippen molar-refractivity contribution in [1.29, 1.82) is 0 Å². The first-order valence-corrected chi connectivity index (χ1v) is 3.89. The highest BCUT2D eigenvalue weighted by atomic mass is 16.5. The lowest BCUT2D eigenvalue weighted by atomic mass is 9.76. The Morgan fingerprint density at radius 1 is 1.64 bits per heavy atom. The second kappa shape index (κ2) is 3.91. The van der Waals surface area contributed by atoms with Crippen LogP contribution in [0.2, 0.25) is 0 Å². The summed E-state index contributed by atoms with van der Waals surface area (Å²) in [4.78, 5) is 11.3. The molecule has 0 fully saturated rings. The summed E-state index contributed by atoms with van der Waals surface area (Å²) in [5.41, 5.74) is -1.11. The van der Waals surface area contributed by atoms with Crippen LogP contribution in [-0.4, -0.2) is 25.7 Å². The summed E-state index contributed by atoms with van der Waals surface area (Å²) in [6.07, 6.45) is 0. The molecular weight excluding hydrogens is 139 g/mol. The lowest BCUT2D eigenvalue weighted by Crippen LogP contribution is -2.41. The molecule has 0 aliphatic rings. The number of Topliss-reactive ketones (excluding diaryl/α,β-unsaturated/α-hetero) is 1. The molecule has 0 aromatic carbocycles. The molecule has 11 heavy (non-hydrogen) atoms. The van der Waals surface area contributed by atoms with Gasteiger partial charge >= 0.3 is 0 Å². The van der Waals surface area contributed by atoms with Gasteiger partial charge in [0.15, 0.2) is 5.78 Å². The minimum absolute atomic E-state index is 0.0562. The smallest absolute Gasteiger partial charge is 0.157 e. The number of hydrogen-bond acceptors (Lipinski definition) is 2. The average Bonchev–Trinajstić information content (AvgIpc) is 1.86. The van der Waals surface area contributed by atoms with Crippen molar-refractivity contribution >= 4 is 13.6 Å². The predicted octanol–water partition coefficient (Wildman–Crippen LogP) is 1.13. The molecule has 2 radical (unpaired) electrons. The average molecular weight is 154 g/mol. The van der Waals surface area contributed by atoms with Gasteiger partial charge in [-0.1, -0.05) is 13.8 Å². The zero-order chi connectivity index (χ0) is 9.07. The quantitative estimate of drug-likeness (QED) is 0.567. The third-order valence-corrected chi connectivity index (χ3v) is 1.46. The van der Waals surface area contributed by atoms with Crippen LogP contribution in [0.15, 0.2) is 0 Å². The van der Waals surface area contributed by atoms with E-state index < -0.39 is 5.50 Å². The second-order valence-corrected chi connectivity index (χ2v) is 3.06. The number of ether oxygens (including phenoxy) is 1. The van der Waals surface area contributed by atoms with Crippen LogP contribution in [0.1, 0.15) is 27.7 Å². The monoisotopic (exact) mass is 154 g/mol. The Balaban J connectivity index is 4.17. The summed E-state index contributed by atoms with van der Waals surface area (Å²) in [6.45, 7) is 7.50. The van der Waals surface area contributed by atoms with Crippen LogP contribution >= 0.6 is 0 Å². The molecule has 0 aliphatic heterocycles. The topological polar surface area (TPSA) is 26.3 Å². The first-order chi connectivity index (χ1) is 4.91. The molecule has 0 aromatic heterocycles. The van der Waals surface area contributed by atoms with Gasteiger partial charge in [-0.05, 0) is 13.8 Å². The lowest BCUT2D eigenvalue weighted by Gasteiger charge is -2.25. The number of hydrogen-bond donors (Lipinski definition) is 0. The van der Waals surface area contributed by atoms with Crippen LogP contribution < -0.4 is 0 Å². The molecule has 1 unspecified atom stereocenters. The normalized spacial score (nSPS) is 16.5. The van der Waals surface area contributed by atoms with Gasteiger partial charge in [0.1, 0.15) is 7.85 Å². The molecule has 0 aliphatic carbocycles. The maximum Gasteiger partial charge on any atom is 0.157 e. The van der Waals surface area contributed by atoms with Crippen LogP contribution in [-0.2, 0) is 9.53 Å². The van der Waals surface area contributed by atoms with Gasteiger partial charge < -0.3 is 4.74 Å². The fourth-order valence-electron chi connectivity index (χ4n) is 0.944. The first-order valence-electron chi connectivity index (χ1n) is 3.89. The highest BCUT2D eigenvalue weighted by Gasteiger charge is 2.28. The van der Waals surface area contributed by atoms with Gasteiger partial charge in [-0.3, -0.25) is 4.79 Å². The Labute approximate surface area is 69.7 Å². The summed E-state index contributed by atoms with van der Waals surface area (Å²) in [5, 5.41) is 0. The van der Waals surface area contributed by atoms with Crippen LogP contribution in [0.25, 0.3) is 0 Å². The molecule has 0 saturated carbocycles.